The third-order valence-electron chi connectivity index (χ3n) is 6.43. The normalized spacial score (nSPS) is 9.44. The maximum atomic E-state index is 10.4. The minimum absolute atomic E-state index is 0. The number of hydrogen-bond acceptors (Lipinski definition) is 30. The molecule has 0 saturated heterocycles. The number of aliphatic carboxylic acids is 12. The Hall–Kier alpha value is -1.64. The number of nitrogens with zero attached hydrogens (tertiary/aromatic N) is 6. The molecule has 0 aromatic heterocycles. The Morgan fingerprint density at radius 1 is 0.206 bits per heavy atom. The molecule has 8 N–H and O–H groups in total. The van der Waals surface area contributed by atoms with Gasteiger partial charge >= 0.3 is 152 Å². The molecule has 0 rings (SSSR count). The summed E-state index contributed by atoms with van der Waals surface area (Å²) in [4.78, 5) is 130. The Labute approximate surface area is 496 Å². The monoisotopic (exact) mass is 1100 g/mol. The first-order valence-corrected chi connectivity index (χ1v) is 16.3. The first kappa shape index (κ1) is 92.5. The molecule has 0 aromatic carbocycles. The Balaban J connectivity index is -0.0000000752. The van der Waals surface area contributed by atoms with Crippen LogP contribution in [0.3, 0.4) is 0 Å². The Bertz CT molecular complexity index is 1160. The van der Waals surface area contributed by atoms with Gasteiger partial charge in [-0.1, -0.05) is 0 Å². The van der Waals surface area contributed by atoms with Gasteiger partial charge in [0.2, 0.25) is 0 Å². The summed E-state index contributed by atoms with van der Waals surface area (Å²) in [5, 5.41) is 125. The van der Waals surface area contributed by atoms with Crippen LogP contribution >= 0.6 is 0 Å². The molecule has 0 bridgehead atoms. The number of carboxylic acids is 12. The van der Waals surface area contributed by atoms with Crippen molar-refractivity contribution in [1.82, 2.24) is 41.7 Å². The summed E-state index contributed by atoms with van der Waals surface area (Å²) in [5.41, 5.74) is 0. The van der Waals surface area contributed by atoms with Gasteiger partial charge in [0.15, 0.2) is 0 Å². The van der Waals surface area contributed by atoms with Crippen LogP contribution in [-0.2, 0) is 91.7 Å². The number of carboxylic acid groups (broad SMARTS) is 12. The van der Waals surface area contributed by atoms with Gasteiger partial charge in [0.25, 0.3) is 0 Å². The molecule has 0 aromatic rings. The number of rotatable bonds is 33. The van der Waals surface area contributed by atoms with Gasteiger partial charge in [-0.3, -0.25) is 29.4 Å². The second-order valence-corrected chi connectivity index (χ2v) is 11.7. The van der Waals surface area contributed by atoms with E-state index in [1.54, 1.807) is 0 Å². The van der Waals surface area contributed by atoms with Crippen LogP contribution in [0.5, 0.6) is 0 Å². The van der Waals surface area contributed by atoms with Crippen molar-refractivity contribution >= 4 is 71.6 Å². The smallest absolute Gasteiger partial charge is 0.549 e. The zero-order valence-electron chi connectivity index (χ0n) is 37.9. The number of carbonyl (C=O) groups excluding carboxylic acids is 12. The van der Waals surface area contributed by atoms with Crippen molar-refractivity contribution in [2.75, 3.05) is 118 Å². The van der Waals surface area contributed by atoms with E-state index in [4.69, 9.17) is 0 Å². The Kier molecular flexibility index (Phi) is 74.4. The van der Waals surface area contributed by atoms with Crippen molar-refractivity contribution in [3.63, 3.8) is 0 Å². The van der Waals surface area contributed by atoms with E-state index in [-0.39, 0.29) is 204 Å². The van der Waals surface area contributed by atoms with Crippen LogP contribution < -0.4 is 192 Å². The average Bonchev–Trinajstić information content (AvgIpc) is 3.02. The zero-order valence-corrected chi connectivity index (χ0v) is 48.1. The minimum atomic E-state index is -1.53. The number of carbonyl (C=O) groups is 12. The quantitative estimate of drug-likeness (QED) is 0.0576. The van der Waals surface area contributed by atoms with Gasteiger partial charge in [-0.25, -0.2) is 0 Å². The predicted octanol–water partition coefficient (Wildman–Crippen LogP) is -33.5. The molecule has 2 radical (unpaired) electrons. The molecule has 32 nitrogen and oxygen atoms in total. The van der Waals surface area contributed by atoms with E-state index >= 15 is 0 Å². The van der Waals surface area contributed by atoms with E-state index in [9.17, 15) is 119 Å². The van der Waals surface area contributed by atoms with E-state index in [0.717, 1.165) is 29.4 Å². The van der Waals surface area contributed by atoms with Crippen molar-refractivity contribution in [1.29, 1.82) is 0 Å². The molecular weight excluding hydrogens is 1060 g/mol. The fraction of sp³-hybridized carbons (Fsp3) is 0.600. The maximum Gasteiger partial charge on any atom is 3.00 e. The van der Waals surface area contributed by atoms with E-state index < -0.39 is 150 Å². The fourth-order valence-electron chi connectivity index (χ4n) is 4.32. The van der Waals surface area contributed by atoms with Gasteiger partial charge in [0.1, 0.15) is 0 Å². The van der Waals surface area contributed by atoms with Crippen molar-refractivity contribution in [3.05, 3.63) is 0 Å². The van der Waals surface area contributed by atoms with Crippen molar-refractivity contribution in [3.8, 4) is 0 Å². The largest absolute Gasteiger partial charge is 3.00 e. The van der Waals surface area contributed by atoms with E-state index in [2.05, 4.69) is 0 Å². The second kappa shape index (κ2) is 54.7. The first-order chi connectivity index (χ1) is 27.6. The van der Waals surface area contributed by atoms with Gasteiger partial charge in [0, 0.05) is 118 Å². The van der Waals surface area contributed by atoms with Crippen LogP contribution in [0.25, 0.3) is 0 Å². The molecule has 0 aliphatic rings. The van der Waals surface area contributed by atoms with Gasteiger partial charge in [0.05, 0.1) is 71.6 Å². The molecule has 0 aliphatic heterocycles. The van der Waals surface area contributed by atoms with Crippen LogP contribution in [-0.4, -0.2) is 219 Å². The molecule has 38 heteroatoms. The van der Waals surface area contributed by atoms with E-state index in [1.165, 1.54) is 0 Å². The molecule has 0 aliphatic carbocycles. The van der Waals surface area contributed by atoms with E-state index in [0.29, 0.717) is 0 Å². The molecular formula is C30H44Fe2N8Na4O24. The zero-order chi connectivity index (χ0) is 47.1. The summed E-state index contributed by atoms with van der Waals surface area (Å²) in [6, 6.07) is 0. The molecule has 0 amide bonds. The first-order valence-electron chi connectivity index (χ1n) is 16.3. The SMILES string of the molecule is O=C([O-])CN(CCN(CC(=O)[O-])CC(=O)[O-])CC(=O)[O-].O=C([O-])CN(CCN(CC(=O)[O-])CC(=O)[O-])CC(=O)[O-].O=C([O-])CN(CCN(CC(=O)[O-])CC(=O)[O-])CC(=O)[O-].[Fe+3].[Fe+3].[NH4+].[NH4+].[Na+].[Na+].[Na+].[Na+]. The van der Waals surface area contributed by atoms with Crippen LogP contribution in [0, 0.1) is 0 Å². The summed E-state index contributed by atoms with van der Waals surface area (Å²) >= 11 is 0. The Morgan fingerprint density at radius 3 is 0.309 bits per heavy atom. The molecule has 0 unspecified atom stereocenters. The van der Waals surface area contributed by atoms with Crippen molar-refractivity contribution in [2.45, 2.75) is 0 Å². The molecule has 0 heterocycles. The summed E-state index contributed by atoms with van der Waals surface area (Å²) in [6.07, 6.45) is 0. The van der Waals surface area contributed by atoms with Gasteiger partial charge in [-0.05, 0) is 0 Å². The second-order valence-electron chi connectivity index (χ2n) is 11.7. The Morgan fingerprint density at radius 2 is 0.265 bits per heavy atom. The summed E-state index contributed by atoms with van der Waals surface area (Å²) < 4.78 is 0. The van der Waals surface area contributed by atoms with Crippen LogP contribution in [0.4, 0.5) is 0 Å². The molecule has 0 saturated carbocycles. The van der Waals surface area contributed by atoms with Gasteiger partial charge in [-0.2, -0.15) is 0 Å². The fourth-order valence-corrected chi connectivity index (χ4v) is 4.32. The molecule has 0 fully saturated rings. The third-order valence-corrected chi connectivity index (χ3v) is 6.43. The number of hydrogen-bond donors (Lipinski definition) is 2. The summed E-state index contributed by atoms with van der Waals surface area (Å²) in [7, 11) is 0. The molecule has 0 atom stereocenters. The van der Waals surface area contributed by atoms with Crippen LogP contribution in [0.2, 0.25) is 0 Å². The molecule has 68 heavy (non-hydrogen) atoms. The van der Waals surface area contributed by atoms with Crippen LogP contribution in [0.1, 0.15) is 0 Å². The number of quaternary nitrogens is 2. The average molecular weight is 1100 g/mol. The van der Waals surface area contributed by atoms with Crippen molar-refractivity contribution < 1.29 is 271 Å². The van der Waals surface area contributed by atoms with Crippen LogP contribution in [0.15, 0.2) is 0 Å². The maximum absolute atomic E-state index is 10.4. The summed E-state index contributed by atoms with van der Waals surface area (Å²) in [5.74, 6) is -18.4. The third kappa shape index (κ3) is 68.6. The predicted molar refractivity (Wildman–Crippen MR) is 171 cm³/mol. The summed E-state index contributed by atoms with van der Waals surface area (Å²) in [6.45, 7) is -9.75. The van der Waals surface area contributed by atoms with Crippen molar-refractivity contribution in [2.24, 2.45) is 0 Å². The molecule has 0 spiro atoms. The topological polar surface area (TPSA) is 574 Å². The van der Waals surface area contributed by atoms with Gasteiger partial charge < -0.3 is 131 Å². The van der Waals surface area contributed by atoms with E-state index in [1.807, 2.05) is 0 Å². The minimum Gasteiger partial charge on any atom is -0.549 e. The van der Waals surface area contributed by atoms with Gasteiger partial charge in [-0.15, -0.1) is 0 Å². The standard InChI is InChI=1S/3C10H16N2O8.2Fe.2H3N.4Na/c3*13-7(14)3-11(4-8(15)16)1-2-12(5-9(17)18)6-10(19)20;;;;;;;;/h3*1-6H2,(H,13,14)(H,15,16)(H,17,18)(H,19,20);;;2*1H3;;;;/q;;;2*+3;;;4*+1/p-10. The molecule has 368 valence electrons.